The Morgan fingerprint density at radius 3 is 2.78 bits per heavy atom. The Morgan fingerprint density at radius 2 is 2.04 bits per heavy atom. The first-order valence-electron chi connectivity index (χ1n) is 9.77. The van der Waals surface area contributed by atoms with E-state index in [2.05, 4.69) is 32.1 Å². The summed E-state index contributed by atoms with van der Waals surface area (Å²) < 4.78 is 4.95. The van der Waals surface area contributed by atoms with Gasteiger partial charge in [-0.3, -0.25) is 14.4 Å². The Hall–Kier alpha value is -2.23. The van der Waals surface area contributed by atoms with Gasteiger partial charge in [-0.15, -0.1) is 0 Å². The number of carbonyl (C=O) groups excluding carboxylic acids is 3. The molecule has 0 radical (unpaired) electrons. The van der Waals surface area contributed by atoms with Gasteiger partial charge in [0.05, 0.1) is 0 Å². The van der Waals surface area contributed by atoms with Gasteiger partial charge in [0, 0.05) is 23.3 Å². The summed E-state index contributed by atoms with van der Waals surface area (Å²) in [6.45, 7) is 5.56. The summed E-state index contributed by atoms with van der Waals surface area (Å²) in [5.41, 5.74) is 3.09. The SMILES string of the molecule is CC(=O)OCC(=O)C1=CC[C@@H]2[C@@H]3CCC4=CC(=O)C=C[C@]4(C)C3=CC[C@]12C. The zero-order valence-corrected chi connectivity index (χ0v) is 16.2. The molecule has 27 heavy (non-hydrogen) atoms. The summed E-state index contributed by atoms with van der Waals surface area (Å²) in [6, 6.07) is 0. The molecule has 1 fully saturated rings. The Morgan fingerprint density at radius 1 is 1.26 bits per heavy atom. The van der Waals surface area contributed by atoms with Crippen molar-refractivity contribution < 1.29 is 19.1 Å². The van der Waals surface area contributed by atoms with Crippen LogP contribution in [0.15, 0.2) is 47.1 Å². The van der Waals surface area contributed by atoms with Crippen LogP contribution in [-0.2, 0) is 19.1 Å². The number of ketones is 2. The van der Waals surface area contributed by atoms with E-state index in [0.717, 1.165) is 31.3 Å². The van der Waals surface area contributed by atoms with E-state index in [0.29, 0.717) is 11.8 Å². The van der Waals surface area contributed by atoms with Crippen LogP contribution >= 0.6 is 0 Å². The van der Waals surface area contributed by atoms with Crippen LogP contribution in [-0.4, -0.2) is 24.1 Å². The van der Waals surface area contributed by atoms with Gasteiger partial charge in [0.2, 0.25) is 0 Å². The zero-order chi connectivity index (χ0) is 19.4. The summed E-state index contributed by atoms with van der Waals surface area (Å²) in [6.07, 6.45) is 13.6. The summed E-state index contributed by atoms with van der Waals surface area (Å²) >= 11 is 0. The molecule has 0 unspecified atom stereocenters. The highest BCUT2D eigenvalue weighted by atomic mass is 16.5. The number of hydrogen-bond acceptors (Lipinski definition) is 4. The molecule has 0 amide bonds. The Bertz CT molecular complexity index is 856. The summed E-state index contributed by atoms with van der Waals surface area (Å²) in [5, 5.41) is 0. The monoisotopic (exact) mass is 366 g/mol. The molecule has 0 aromatic rings. The first kappa shape index (κ1) is 18.1. The number of fused-ring (bicyclic) bond motifs is 5. The van der Waals surface area contributed by atoms with Crippen LogP contribution in [0.3, 0.4) is 0 Å². The minimum Gasteiger partial charge on any atom is -0.457 e. The second-order valence-electron chi connectivity index (χ2n) is 8.70. The maximum atomic E-state index is 12.7. The third-order valence-electron chi connectivity index (χ3n) is 7.24. The number of allylic oxidation sites excluding steroid dienone is 7. The van der Waals surface area contributed by atoms with Crippen LogP contribution in [0.1, 0.15) is 46.5 Å². The third-order valence-corrected chi connectivity index (χ3v) is 7.24. The lowest BCUT2D eigenvalue weighted by molar-refractivity contribution is -0.145. The standard InChI is InChI=1S/C23H26O4/c1-14(24)27-13-21(26)20-7-6-18-17-5-4-15-12-16(25)8-10-22(15,2)19(17)9-11-23(18,20)3/h7-10,12,17-18H,4-6,11,13H2,1-3H3/t17-,18+,22-,23-/m0/s1. The molecule has 0 aromatic heterocycles. The third kappa shape index (κ3) is 2.69. The normalized spacial score (nSPS) is 36.7. The molecule has 0 N–H and O–H groups in total. The van der Waals surface area contributed by atoms with Gasteiger partial charge in [-0.05, 0) is 56.6 Å². The highest BCUT2D eigenvalue weighted by Crippen LogP contribution is 2.62. The number of ether oxygens (including phenoxy) is 1. The van der Waals surface area contributed by atoms with Crippen molar-refractivity contribution in [2.24, 2.45) is 22.7 Å². The number of carbonyl (C=O) groups is 3. The summed E-state index contributed by atoms with van der Waals surface area (Å²) in [4.78, 5) is 35.6. The lowest BCUT2D eigenvalue weighted by atomic mass is 9.52. The van der Waals surface area contributed by atoms with Crippen molar-refractivity contribution >= 4 is 17.5 Å². The zero-order valence-electron chi connectivity index (χ0n) is 16.2. The van der Waals surface area contributed by atoms with E-state index >= 15 is 0 Å². The number of hydrogen-bond donors (Lipinski definition) is 0. The van der Waals surface area contributed by atoms with E-state index in [1.165, 1.54) is 18.1 Å². The maximum absolute atomic E-state index is 12.7. The van der Waals surface area contributed by atoms with E-state index in [4.69, 9.17) is 4.74 Å². The molecule has 0 bridgehead atoms. The van der Waals surface area contributed by atoms with Crippen molar-refractivity contribution in [3.8, 4) is 0 Å². The van der Waals surface area contributed by atoms with Crippen molar-refractivity contribution in [1.29, 1.82) is 0 Å². The second kappa shape index (κ2) is 6.15. The Kier molecular flexibility index (Phi) is 4.13. The fourth-order valence-corrected chi connectivity index (χ4v) is 5.78. The van der Waals surface area contributed by atoms with E-state index < -0.39 is 5.97 Å². The molecule has 4 rings (SSSR count). The summed E-state index contributed by atoms with van der Waals surface area (Å²) in [7, 11) is 0. The van der Waals surface area contributed by atoms with Crippen molar-refractivity contribution in [2.45, 2.75) is 46.5 Å². The topological polar surface area (TPSA) is 60.4 Å². The van der Waals surface area contributed by atoms with Crippen LogP contribution in [0.4, 0.5) is 0 Å². The van der Waals surface area contributed by atoms with Crippen LogP contribution < -0.4 is 0 Å². The van der Waals surface area contributed by atoms with Gasteiger partial charge in [-0.2, -0.15) is 0 Å². The molecular formula is C23H26O4. The van der Waals surface area contributed by atoms with Gasteiger partial charge < -0.3 is 4.74 Å². The fourth-order valence-electron chi connectivity index (χ4n) is 5.78. The smallest absolute Gasteiger partial charge is 0.303 e. The van der Waals surface area contributed by atoms with E-state index in [9.17, 15) is 14.4 Å². The second-order valence-corrected chi connectivity index (χ2v) is 8.70. The van der Waals surface area contributed by atoms with Crippen molar-refractivity contribution in [3.63, 3.8) is 0 Å². The lowest BCUT2D eigenvalue weighted by Gasteiger charge is -2.51. The molecule has 4 aliphatic carbocycles. The van der Waals surface area contributed by atoms with Crippen molar-refractivity contribution in [2.75, 3.05) is 6.61 Å². The van der Waals surface area contributed by atoms with Gasteiger partial charge in [0.25, 0.3) is 0 Å². The summed E-state index contributed by atoms with van der Waals surface area (Å²) in [5.74, 6) is 0.394. The van der Waals surface area contributed by atoms with Crippen LogP contribution in [0.2, 0.25) is 0 Å². The number of Topliss-reactive ketones (excluding diaryl/α,β-unsaturated/α-hetero) is 1. The quantitative estimate of drug-likeness (QED) is 0.562. The molecule has 4 aliphatic rings. The Labute approximate surface area is 160 Å². The highest BCUT2D eigenvalue weighted by molar-refractivity contribution is 6.01. The molecule has 4 nitrogen and oxygen atoms in total. The molecule has 0 heterocycles. The van der Waals surface area contributed by atoms with Crippen LogP contribution in [0.5, 0.6) is 0 Å². The minimum absolute atomic E-state index is 0.0715. The molecule has 4 atom stereocenters. The molecule has 0 spiro atoms. The van der Waals surface area contributed by atoms with Gasteiger partial charge in [0.15, 0.2) is 18.2 Å². The highest BCUT2D eigenvalue weighted by Gasteiger charge is 2.54. The first-order valence-corrected chi connectivity index (χ1v) is 9.77. The van der Waals surface area contributed by atoms with Crippen molar-refractivity contribution in [3.05, 3.63) is 47.1 Å². The van der Waals surface area contributed by atoms with Gasteiger partial charge in [0.1, 0.15) is 0 Å². The minimum atomic E-state index is -0.423. The predicted octanol–water partition coefficient (Wildman–Crippen LogP) is 3.88. The van der Waals surface area contributed by atoms with Crippen molar-refractivity contribution in [1.82, 2.24) is 0 Å². The lowest BCUT2D eigenvalue weighted by Crippen LogP contribution is -2.43. The molecule has 0 aliphatic heterocycles. The molecule has 0 saturated heterocycles. The predicted molar refractivity (Wildman–Crippen MR) is 102 cm³/mol. The van der Waals surface area contributed by atoms with E-state index in [1.807, 2.05) is 6.08 Å². The first-order chi connectivity index (χ1) is 12.8. The van der Waals surface area contributed by atoms with Crippen LogP contribution in [0.25, 0.3) is 0 Å². The fraction of sp³-hybridized carbons (Fsp3) is 0.522. The molecule has 1 saturated carbocycles. The average Bonchev–Trinajstić information content (AvgIpc) is 2.97. The molecule has 0 aromatic carbocycles. The Balaban J connectivity index is 1.63. The van der Waals surface area contributed by atoms with E-state index in [1.54, 1.807) is 6.08 Å². The maximum Gasteiger partial charge on any atom is 0.303 e. The average molecular weight is 366 g/mol. The van der Waals surface area contributed by atoms with Gasteiger partial charge >= 0.3 is 5.97 Å². The van der Waals surface area contributed by atoms with Crippen LogP contribution in [0, 0.1) is 22.7 Å². The largest absolute Gasteiger partial charge is 0.457 e. The van der Waals surface area contributed by atoms with Gasteiger partial charge in [-0.1, -0.05) is 36.3 Å². The van der Waals surface area contributed by atoms with E-state index in [-0.39, 0.29) is 29.0 Å². The molecular weight excluding hydrogens is 340 g/mol. The number of rotatable bonds is 3. The van der Waals surface area contributed by atoms with Gasteiger partial charge in [-0.25, -0.2) is 0 Å². The molecule has 142 valence electrons. The number of esters is 1. The molecule has 4 heteroatoms.